The third kappa shape index (κ3) is 2.14. The molecule has 88 valence electrons. The first-order valence-electron chi connectivity index (χ1n) is 5.30. The summed E-state index contributed by atoms with van der Waals surface area (Å²) in [6, 6.07) is 9.15. The lowest BCUT2D eigenvalue weighted by Crippen LogP contribution is -2.29. The van der Waals surface area contributed by atoms with E-state index in [0.717, 1.165) is 0 Å². The first-order chi connectivity index (χ1) is 7.34. The molecule has 0 heterocycles. The van der Waals surface area contributed by atoms with E-state index in [-0.39, 0.29) is 0 Å². The molecule has 1 aromatic rings. The van der Waals surface area contributed by atoms with Crippen LogP contribution < -0.4 is 5.30 Å². The summed E-state index contributed by atoms with van der Waals surface area (Å²) in [5.41, 5.74) is 0. The molecule has 16 heavy (non-hydrogen) atoms. The molecule has 0 aromatic heterocycles. The Hall–Kier alpha value is -0.850. The summed E-state index contributed by atoms with van der Waals surface area (Å²) in [4.78, 5) is 0. The minimum Gasteiger partial charge on any atom is -0.381 e. The lowest BCUT2D eigenvalue weighted by molar-refractivity contribution is 0.290. The average molecular weight is 238 g/mol. The van der Waals surface area contributed by atoms with Crippen molar-refractivity contribution in [1.29, 1.82) is 0 Å². The zero-order valence-electron chi connectivity index (χ0n) is 10.1. The highest BCUT2D eigenvalue weighted by atomic mass is 31.2. The number of hydrogen-bond acceptors (Lipinski definition) is 2. The average Bonchev–Trinajstić information content (AvgIpc) is 2.26. The second-order valence-corrected chi connectivity index (χ2v) is 8.52. The van der Waals surface area contributed by atoms with Gasteiger partial charge >= 0.3 is 0 Å². The van der Waals surface area contributed by atoms with Crippen molar-refractivity contribution in [2.45, 2.75) is 31.8 Å². The highest BCUT2D eigenvalue weighted by Crippen LogP contribution is 2.59. The van der Waals surface area contributed by atoms with Crippen LogP contribution in [0.25, 0.3) is 0 Å². The van der Waals surface area contributed by atoms with E-state index in [4.69, 9.17) is 0 Å². The van der Waals surface area contributed by atoms with Crippen LogP contribution in [0.15, 0.2) is 43.0 Å². The molecule has 0 fully saturated rings. The predicted molar refractivity (Wildman–Crippen MR) is 69.6 cm³/mol. The Morgan fingerprint density at radius 2 is 1.81 bits per heavy atom. The van der Waals surface area contributed by atoms with Crippen LogP contribution >= 0.6 is 7.14 Å². The van der Waals surface area contributed by atoms with E-state index in [9.17, 15) is 9.67 Å². The third-order valence-corrected chi connectivity index (χ3v) is 6.73. The second kappa shape index (κ2) is 4.57. The lowest BCUT2D eigenvalue weighted by Gasteiger charge is -2.34. The van der Waals surface area contributed by atoms with Gasteiger partial charge in [-0.25, -0.2) is 0 Å². The molecule has 0 aliphatic heterocycles. The normalized spacial score (nSPS) is 17.5. The minimum atomic E-state index is -2.91. The molecule has 0 saturated heterocycles. The van der Waals surface area contributed by atoms with Crippen LogP contribution in [-0.2, 0) is 4.57 Å². The van der Waals surface area contributed by atoms with Gasteiger partial charge < -0.3 is 9.67 Å². The Balaban J connectivity index is 3.39. The van der Waals surface area contributed by atoms with Gasteiger partial charge in [0.05, 0.1) is 0 Å². The zero-order chi connectivity index (χ0) is 12.4. The van der Waals surface area contributed by atoms with Crippen molar-refractivity contribution in [2.24, 2.45) is 0 Å². The smallest absolute Gasteiger partial charge is 0.151 e. The molecule has 1 rings (SSSR count). The van der Waals surface area contributed by atoms with Crippen molar-refractivity contribution in [3.05, 3.63) is 43.0 Å². The molecular weight excluding hydrogens is 219 g/mol. The Kier molecular flexibility index (Phi) is 3.77. The standard InChI is InChI=1S/C13H19O2P/c1-5-12(14)16(15,13(2,3)4)11-9-7-6-8-10-11/h5-10,12,14H,1H2,2-4H3/t12-,16?/m0/s1. The molecule has 0 amide bonds. The van der Waals surface area contributed by atoms with E-state index in [2.05, 4.69) is 6.58 Å². The quantitative estimate of drug-likeness (QED) is 0.649. The van der Waals surface area contributed by atoms with Crippen molar-refractivity contribution < 1.29 is 9.67 Å². The lowest BCUT2D eigenvalue weighted by atomic mass is 10.3. The van der Waals surface area contributed by atoms with Crippen LogP contribution in [0.5, 0.6) is 0 Å². The van der Waals surface area contributed by atoms with Gasteiger partial charge in [0, 0.05) is 10.5 Å². The summed E-state index contributed by atoms with van der Waals surface area (Å²) < 4.78 is 13.0. The van der Waals surface area contributed by atoms with E-state index in [1.165, 1.54) is 6.08 Å². The van der Waals surface area contributed by atoms with E-state index in [0.29, 0.717) is 5.30 Å². The molecule has 0 spiro atoms. The predicted octanol–water partition coefficient (Wildman–Crippen LogP) is 2.98. The van der Waals surface area contributed by atoms with Crippen molar-refractivity contribution in [3.63, 3.8) is 0 Å². The van der Waals surface area contributed by atoms with Crippen LogP contribution in [0.2, 0.25) is 0 Å². The summed E-state index contributed by atoms with van der Waals surface area (Å²) in [5, 5.41) is 10.2. The van der Waals surface area contributed by atoms with E-state index in [1.807, 2.05) is 39.0 Å². The Labute approximate surface area is 97.4 Å². The number of aliphatic hydroxyl groups excluding tert-OH is 1. The monoisotopic (exact) mass is 238 g/mol. The molecule has 2 atom stereocenters. The fourth-order valence-corrected chi connectivity index (χ4v) is 4.52. The Morgan fingerprint density at radius 1 is 1.31 bits per heavy atom. The van der Waals surface area contributed by atoms with Gasteiger partial charge in [-0.05, 0) is 0 Å². The zero-order valence-corrected chi connectivity index (χ0v) is 10.9. The molecule has 1 unspecified atom stereocenters. The van der Waals surface area contributed by atoms with E-state index >= 15 is 0 Å². The van der Waals surface area contributed by atoms with Crippen molar-refractivity contribution >= 4 is 12.4 Å². The minimum absolute atomic E-state index is 0.484. The van der Waals surface area contributed by atoms with Crippen LogP contribution in [0.1, 0.15) is 20.8 Å². The van der Waals surface area contributed by atoms with Gasteiger partial charge in [0.1, 0.15) is 5.85 Å². The van der Waals surface area contributed by atoms with Gasteiger partial charge in [-0.1, -0.05) is 57.2 Å². The number of aliphatic hydroxyl groups is 1. The van der Waals surface area contributed by atoms with Crippen molar-refractivity contribution in [1.82, 2.24) is 0 Å². The summed E-state index contributed by atoms with van der Waals surface area (Å²) in [5.74, 6) is -0.991. The first kappa shape index (κ1) is 13.2. The Bertz CT molecular complexity index is 404. The molecule has 0 aliphatic rings. The van der Waals surface area contributed by atoms with Gasteiger partial charge in [-0.3, -0.25) is 0 Å². The largest absolute Gasteiger partial charge is 0.381 e. The maximum Gasteiger partial charge on any atom is 0.151 e. The number of rotatable bonds is 3. The van der Waals surface area contributed by atoms with Gasteiger partial charge in [-0.15, -0.1) is 6.58 Å². The summed E-state index contributed by atoms with van der Waals surface area (Å²) in [6.07, 6.45) is 1.36. The number of hydrogen-bond donors (Lipinski definition) is 1. The summed E-state index contributed by atoms with van der Waals surface area (Å²) in [7, 11) is -2.91. The molecule has 0 aliphatic carbocycles. The third-order valence-electron chi connectivity index (χ3n) is 2.72. The van der Waals surface area contributed by atoms with Crippen molar-refractivity contribution in [2.75, 3.05) is 0 Å². The summed E-state index contributed by atoms with van der Waals surface area (Å²) in [6.45, 7) is 9.19. The number of benzene rings is 1. The Morgan fingerprint density at radius 3 is 2.19 bits per heavy atom. The fraction of sp³-hybridized carbons (Fsp3) is 0.385. The first-order valence-corrected chi connectivity index (χ1v) is 7.07. The van der Waals surface area contributed by atoms with E-state index in [1.54, 1.807) is 12.1 Å². The van der Waals surface area contributed by atoms with Gasteiger partial charge in [0.2, 0.25) is 0 Å². The van der Waals surface area contributed by atoms with Crippen LogP contribution in [-0.4, -0.2) is 16.1 Å². The highest BCUT2D eigenvalue weighted by Gasteiger charge is 2.42. The summed E-state index contributed by atoms with van der Waals surface area (Å²) >= 11 is 0. The molecule has 2 nitrogen and oxygen atoms in total. The molecule has 3 heteroatoms. The molecular formula is C13H19O2P. The van der Waals surface area contributed by atoms with Crippen molar-refractivity contribution in [3.8, 4) is 0 Å². The maximum atomic E-state index is 13.0. The van der Waals surface area contributed by atoms with Gasteiger partial charge in [0.25, 0.3) is 0 Å². The van der Waals surface area contributed by atoms with Crippen LogP contribution in [0.4, 0.5) is 0 Å². The maximum absolute atomic E-state index is 13.0. The SMILES string of the molecule is C=C[C@@H](O)P(=O)(c1ccccc1)C(C)(C)C. The fourth-order valence-electron chi connectivity index (χ4n) is 1.73. The molecule has 0 saturated carbocycles. The highest BCUT2D eigenvalue weighted by molar-refractivity contribution is 7.73. The molecule has 1 aromatic carbocycles. The molecule has 0 radical (unpaired) electrons. The second-order valence-electron chi connectivity index (χ2n) is 4.81. The molecule has 1 N–H and O–H groups in total. The topological polar surface area (TPSA) is 37.3 Å². The molecule has 0 bridgehead atoms. The van der Waals surface area contributed by atoms with E-state index < -0.39 is 18.1 Å². The van der Waals surface area contributed by atoms with Gasteiger partial charge in [-0.2, -0.15) is 0 Å². The van der Waals surface area contributed by atoms with Gasteiger partial charge in [0.15, 0.2) is 7.14 Å². The van der Waals surface area contributed by atoms with Crippen LogP contribution in [0.3, 0.4) is 0 Å². The van der Waals surface area contributed by atoms with Crippen LogP contribution in [0, 0.1) is 0 Å².